The second kappa shape index (κ2) is 46.3. The van der Waals surface area contributed by atoms with Gasteiger partial charge in [0.1, 0.15) is 12.6 Å². The van der Waals surface area contributed by atoms with Crippen LogP contribution in [0.2, 0.25) is 0 Å². The molecule has 0 spiro atoms. The molecule has 2 atom stereocenters. The quantitative estimate of drug-likeness (QED) is 0.0259. The number of carboxylic acid groups (broad SMARTS) is 1. The molecule has 0 aliphatic rings. The molecule has 2 unspecified atom stereocenters. The van der Waals surface area contributed by atoms with Crippen molar-refractivity contribution in [2.75, 3.05) is 41.0 Å². The topological polar surface area (TPSA) is 102 Å². The molecule has 0 aliphatic carbocycles. The van der Waals surface area contributed by atoms with Crippen LogP contribution < -0.4 is 5.11 Å². The van der Waals surface area contributed by atoms with Gasteiger partial charge in [-0.1, -0.05) is 199 Å². The Balaban J connectivity index is 4.21. The summed E-state index contributed by atoms with van der Waals surface area (Å²) in [4.78, 5) is 37.1. The van der Waals surface area contributed by atoms with Gasteiger partial charge < -0.3 is 28.6 Å². The number of allylic oxidation sites excluding steroid dienone is 4. The third-order valence-electron chi connectivity index (χ3n) is 12.3. The lowest BCUT2D eigenvalue weighted by molar-refractivity contribution is -0.889. The van der Waals surface area contributed by atoms with Crippen LogP contribution in [-0.2, 0) is 28.6 Å². The summed E-state index contributed by atoms with van der Waals surface area (Å²) in [6.07, 6.45) is 53.5. The van der Waals surface area contributed by atoms with Crippen LogP contribution in [0.15, 0.2) is 24.3 Å². The van der Waals surface area contributed by atoms with Crippen molar-refractivity contribution >= 4 is 17.9 Å². The number of ether oxygens (including phenoxy) is 3. The lowest BCUT2D eigenvalue weighted by Gasteiger charge is -2.34. The van der Waals surface area contributed by atoms with Crippen molar-refractivity contribution in [2.24, 2.45) is 0 Å². The first kappa shape index (κ1) is 60.8. The van der Waals surface area contributed by atoms with E-state index in [1.807, 2.05) is 0 Å². The summed E-state index contributed by atoms with van der Waals surface area (Å²) in [6.45, 7) is 4.69. The van der Waals surface area contributed by atoms with Crippen molar-refractivity contribution in [1.82, 2.24) is 0 Å². The first-order valence-corrected chi connectivity index (χ1v) is 26.9. The van der Waals surface area contributed by atoms with E-state index in [0.717, 1.165) is 51.4 Å². The molecule has 0 bridgehead atoms. The number of quaternary nitrogens is 1. The summed E-state index contributed by atoms with van der Waals surface area (Å²) in [5.74, 6) is -1.74. The highest BCUT2D eigenvalue weighted by atomic mass is 16.6. The first-order valence-electron chi connectivity index (χ1n) is 26.9. The van der Waals surface area contributed by atoms with Crippen LogP contribution in [0.4, 0.5) is 0 Å². The molecular weight excluding hydrogens is 787 g/mol. The number of carbonyl (C=O) groups is 3. The van der Waals surface area contributed by atoms with E-state index in [1.165, 1.54) is 173 Å². The summed E-state index contributed by atoms with van der Waals surface area (Å²) >= 11 is 0. The maximum Gasteiger partial charge on any atom is 0.306 e. The van der Waals surface area contributed by atoms with Gasteiger partial charge >= 0.3 is 11.9 Å². The van der Waals surface area contributed by atoms with Crippen LogP contribution in [0.3, 0.4) is 0 Å². The number of unbranched alkanes of at least 4 members (excludes halogenated alkanes) is 31. The molecule has 370 valence electrons. The Kier molecular flexibility index (Phi) is 44.7. The highest BCUT2D eigenvalue weighted by Crippen LogP contribution is 2.16. The Morgan fingerprint density at radius 1 is 0.460 bits per heavy atom. The van der Waals surface area contributed by atoms with Crippen molar-refractivity contribution in [1.29, 1.82) is 0 Å². The number of rotatable bonds is 49. The zero-order valence-electron chi connectivity index (χ0n) is 42.3. The number of hydrogen-bond acceptors (Lipinski definition) is 7. The number of carboxylic acids is 1. The second-order valence-corrected chi connectivity index (χ2v) is 19.5. The van der Waals surface area contributed by atoms with E-state index in [-0.39, 0.29) is 42.7 Å². The Morgan fingerprint density at radius 2 is 0.794 bits per heavy atom. The molecule has 0 radical (unpaired) electrons. The molecule has 0 rings (SSSR count). The minimum absolute atomic E-state index is 0.0394. The lowest BCUT2D eigenvalue weighted by Crippen LogP contribution is -2.55. The van der Waals surface area contributed by atoms with Crippen molar-refractivity contribution in [2.45, 2.75) is 270 Å². The van der Waals surface area contributed by atoms with Gasteiger partial charge in [0.2, 0.25) is 0 Å². The van der Waals surface area contributed by atoms with Gasteiger partial charge in [-0.2, -0.15) is 0 Å². The van der Waals surface area contributed by atoms with E-state index >= 15 is 0 Å². The summed E-state index contributed by atoms with van der Waals surface area (Å²) in [6, 6.07) is -0.726. The van der Waals surface area contributed by atoms with Gasteiger partial charge in [-0.3, -0.25) is 9.59 Å². The van der Waals surface area contributed by atoms with Crippen LogP contribution in [-0.4, -0.2) is 75.5 Å². The van der Waals surface area contributed by atoms with E-state index in [4.69, 9.17) is 14.2 Å². The lowest BCUT2D eigenvalue weighted by atomic mass is 10.1. The normalized spacial score (nSPS) is 13.0. The molecule has 0 aromatic heterocycles. The van der Waals surface area contributed by atoms with Crippen LogP contribution >= 0.6 is 0 Å². The largest absolute Gasteiger partial charge is 0.544 e. The maximum atomic E-state index is 12.8. The summed E-state index contributed by atoms with van der Waals surface area (Å²) in [5.41, 5.74) is 0. The van der Waals surface area contributed by atoms with E-state index in [1.54, 1.807) is 21.1 Å². The fraction of sp³-hybridized carbons (Fsp3) is 0.873. The predicted octanol–water partition coefficient (Wildman–Crippen LogP) is 14.3. The maximum absolute atomic E-state index is 12.8. The number of esters is 2. The third-order valence-corrected chi connectivity index (χ3v) is 12.3. The molecule has 8 heteroatoms. The SMILES string of the molecule is CCCCCCCCCCC/C=C/CCCCCCCC(=O)OC(COCCC(C(=O)[O-])[N+](C)(C)C)COC(=O)CCCCCCCCC/C=C/CCCCCCCCCCCC. The summed E-state index contributed by atoms with van der Waals surface area (Å²) in [5, 5.41) is 11.7. The van der Waals surface area contributed by atoms with Gasteiger partial charge in [0, 0.05) is 19.3 Å². The molecule has 0 N–H and O–H groups in total. The molecule has 0 fully saturated rings. The molecule has 0 aromatic carbocycles. The van der Waals surface area contributed by atoms with Crippen molar-refractivity contribution < 1.29 is 38.2 Å². The molecule has 0 amide bonds. The Morgan fingerprint density at radius 3 is 1.14 bits per heavy atom. The minimum Gasteiger partial charge on any atom is -0.544 e. The van der Waals surface area contributed by atoms with Crippen LogP contribution in [0.25, 0.3) is 0 Å². The highest BCUT2D eigenvalue weighted by molar-refractivity contribution is 5.70. The predicted molar refractivity (Wildman–Crippen MR) is 264 cm³/mol. The summed E-state index contributed by atoms with van der Waals surface area (Å²) < 4.78 is 17.3. The van der Waals surface area contributed by atoms with Gasteiger partial charge in [0.15, 0.2) is 6.10 Å². The number of hydrogen-bond donors (Lipinski definition) is 0. The molecule has 0 heterocycles. The molecule has 8 nitrogen and oxygen atoms in total. The number of carbonyl (C=O) groups excluding carboxylic acids is 3. The highest BCUT2D eigenvalue weighted by Gasteiger charge is 2.25. The molecule has 0 aromatic rings. The van der Waals surface area contributed by atoms with E-state index in [2.05, 4.69) is 38.2 Å². The van der Waals surface area contributed by atoms with Gasteiger partial charge in [-0.05, 0) is 64.2 Å². The van der Waals surface area contributed by atoms with Crippen LogP contribution in [0.1, 0.15) is 258 Å². The van der Waals surface area contributed by atoms with Crippen LogP contribution in [0, 0.1) is 0 Å². The zero-order valence-corrected chi connectivity index (χ0v) is 42.3. The standard InChI is InChI=1S/C55H103NO7/c1-6-8-10-12-14-16-18-20-22-24-26-27-28-30-31-33-35-37-39-41-43-45-53(57)62-50-51(49-61-48-47-52(55(59)60)56(3,4)5)63-54(58)46-44-42-40-38-36-34-32-29-25-23-21-19-17-15-13-11-9-7-2/h27-29,32,51-52H,6-26,30-31,33-50H2,1-5H3/b28-27+,32-29+. The average Bonchev–Trinajstić information content (AvgIpc) is 3.24. The van der Waals surface area contributed by atoms with Gasteiger partial charge in [-0.15, -0.1) is 0 Å². The van der Waals surface area contributed by atoms with Crippen molar-refractivity contribution in [3.05, 3.63) is 24.3 Å². The number of aliphatic carboxylic acids is 1. The van der Waals surface area contributed by atoms with Crippen molar-refractivity contribution in [3.8, 4) is 0 Å². The fourth-order valence-corrected chi connectivity index (χ4v) is 8.12. The van der Waals surface area contributed by atoms with Crippen LogP contribution in [0.5, 0.6) is 0 Å². The smallest absolute Gasteiger partial charge is 0.306 e. The minimum atomic E-state index is -1.12. The number of nitrogens with zero attached hydrogens (tertiary/aromatic N) is 1. The van der Waals surface area contributed by atoms with Gasteiger partial charge in [0.05, 0.1) is 40.3 Å². The Hall–Kier alpha value is -2.19. The molecule has 63 heavy (non-hydrogen) atoms. The molecule has 0 saturated carbocycles. The summed E-state index contributed by atoms with van der Waals surface area (Å²) in [7, 11) is 5.42. The molecule has 0 aliphatic heterocycles. The average molecular weight is 890 g/mol. The van der Waals surface area contributed by atoms with Gasteiger partial charge in [0.25, 0.3) is 0 Å². The Bertz CT molecular complexity index is 1080. The van der Waals surface area contributed by atoms with Gasteiger partial charge in [-0.25, -0.2) is 0 Å². The first-order chi connectivity index (χ1) is 30.6. The molecular formula is C55H103NO7. The Labute approximate surface area is 390 Å². The fourth-order valence-electron chi connectivity index (χ4n) is 8.12. The van der Waals surface area contributed by atoms with E-state index in [9.17, 15) is 19.5 Å². The van der Waals surface area contributed by atoms with Crippen molar-refractivity contribution in [3.63, 3.8) is 0 Å². The third kappa shape index (κ3) is 44.8. The monoisotopic (exact) mass is 890 g/mol. The number of likely N-dealkylation sites (N-methyl/N-ethyl adjacent to an activating group) is 1. The van der Waals surface area contributed by atoms with E-state index < -0.39 is 18.1 Å². The van der Waals surface area contributed by atoms with E-state index in [0.29, 0.717) is 12.8 Å². The second-order valence-electron chi connectivity index (χ2n) is 19.5. The zero-order chi connectivity index (χ0) is 46.3. The molecule has 0 saturated heterocycles.